The molecule has 2 aromatic carbocycles. The molecule has 9 nitrogen and oxygen atoms in total. The molecule has 0 unspecified atom stereocenters. The van der Waals surface area contributed by atoms with Gasteiger partial charge in [-0.2, -0.15) is 0 Å². The first-order chi connectivity index (χ1) is 16.5. The van der Waals surface area contributed by atoms with Gasteiger partial charge in [0.25, 0.3) is 0 Å². The summed E-state index contributed by atoms with van der Waals surface area (Å²) < 4.78 is 17.9. The highest BCUT2D eigenvalue weighted by molar-refractivity contribution is 7.99. The maximum Gasteiger partial charge on any atom is 0.339 e. The highest BCUT2D eigenvalue weighted by Gasteiger charge is 2.17. The van der Waals surface area contributed by atoms with Gasteiger partial charge in [0.05, 0.1) is 31.2 Å². The van der Waals surface area contributed by atoms with E-state index in [-0.39, 0.29) is 23.8 Å². The van der Waals surface area contributed by atoms with Crippen LogP contribution in [-0.2, 0) is 22.7 Å². The molecule has 0 saturated carbocycles. The first-order valence-electron chi connectivity index (χ1n) is 10.4. The molecule has 1 aromatic heterocycles. The second kappa shape index (κ2) is 11.9. The molecule has 3 aromatic rings. The van der Waals surface area contributed by atoms with Crippen molar-refractivity contribution in [2.75, 3.05) is 25.3 Å². The smallest absolute Gasteiger partial charge is 0.339 e. The van der Waals surface area contributed by atoms with Gasteiger partial charge < -0.3 is 19.5 Å². The van der Waals surface area contributed by atoms with Crippen LogP contribution in [-0.4, -0.2) is 46.6 Å². The third-order valence-corrected chi connectivity index (χ3v) is 5.69. The van der Waals surface area contributed by atoms with Crippen molar-refractivity contribution in [3.8, 4) is 11.5 Å². The zero-order valence-electron chi connectivity index (χ0n) is 19.2. The second-order valence-electron chi connectivity index (χ2n) is 7.12. The standard InChI is InChI=1S/C24H26N4O5S/c1-5-12-28-21(14-33-19-11-10-16(2)13-20(19)31-3)26-27-24(28)34-15-22(29)25-18-9-7-6-8-17(18)23(30)32-4/h5-11,13H,1,12,14-15H2,2-4H3,(H,25,29). The molecule has 1 N–H and O–H groups in total. The Labute approximate surface area is 202 Å². The zero-order chi connectivity index (χ0) is 24.5. The SMILES string of the molecule is C=CCn1c(COc2ccc(C)cc2OC)nnc1SCC(=O)Nc1ccccc1C(=O)OC. The molecule has 0 atom stereocenters. The summed E-state index contributed by atoms with van der Waals surface area (Å²) in [6, 6.07) is 12.3. The fourth-order valence-electron chi connectivity index (χ4n) is 3.08. The van der Waals surface area contributed by atoms with Gasteiger partial charge in [0, 0.05) is 6.54 Å². The quantitative estimate of drug-likeness (QED) is 0.249. The van der Waals surface area contributed by atoms with Crippen molar-refractivity contribution in [3.05, 3.63) is 72.1 Å². The van der Waals surface area contributed by atoms with Gasteiger partial charge in [0.15, 0.2) is 22.5 Å². The predicted molar refractivity (Wildman–Crippen MR) is 129 cm³/mol. The minimum Gasteiger partial charge on any atom is -0.493 e. The topological polar surface area (TPSA) is 105 Å². The van der Waals surface area contributed by atoms with Crippen LogP contribution in [0.25, 0.3) is 0 Å². The summed E-state index contributed by atoms with van der Waals surface area (Å²) in [6.07, 6.45) is 1.72. The van der Waals surface area contributed by atoms with E-state index in [1.807, 2.05) is 29.7 Å². The molecule has 1 heterocycles. The highest BCUT2D eigenvalue weighted by atomic mass is 32.2. The number of amides is 1. The van der Waals surface area contributed by atoms with Crippen molar-refractivity contribution in [1.29, 1.82) is 0 Å². The summed E-state index contributed by atoms with van der Waals surface area (Å²) >= 11 is 1.22. The molecule has 34 heavy (non-hydrogen) atoms. The number of thioether (sulfide) groups is 1. The summed E-state index contributed by atoms with van der Waals surface area (Å²) in [7, 11) is 2.88. The van der Waals surface area contributed by atoms with Crippen molar-refractivity contribution in [2.45, 2.75) is 25.2 Å². The Kier molecular flexibility index (Phi) is 8.69. The Morgan fingerprint density at radius 1 is 1.15 bits per heavy atom. The number of aromatic nitrogens is 3. The molecule has 0 bridgehead atoms. The average Bonchev–Trinajstić information content (AvgIpc) is 3.23. The first kappa shape index (κ1) is 24.8. The van der Waals surface area contributed by atoms with Crippen molar-refractivity contribution < 1.29 is 23.8 Å². The molecule has 0 aliphatic carbocycles. The molecular weight excluding hydrogens is 456 g/mol. The van der Waals surface area contributed by atoms with Crippen LogP contribution in [0.4, 0.5) is 5.69 Å². The summed E-state index contributed by atoms with van der Waals surface area (Å²) in [5.41, 5.74) is 1.72. The number of benzene rings is 2. The molecule has 178 valence electrons. The Morgan fingerprint density at radius 2 is 1.94 bits per heavy atom. The van der Waals surface area contributed by atoms with E-state index in [2.05, 4.69) is 22.1 Å². The number of carbonyl (C=O) groups excluding carboxylic acids is 2. The lowest BCUT2D eigenvalue weighted by Crippen LogP contribution is -2.17. The number of nitrogens with zero attached hydrogens (tertiary/aromatic N) is 3. The molecule has 0 aliphatic heterocycles. The molecular formula is C24H26N4O5S. The minimum atomic E-state index is -0.524. The van der Waals surface area contributed by atoms with Crippen LogP contribution in [0.5, 0.6) is 11.5 Å². The number of hydrogen-bond donors (Lipinski definition) is 1. The fourth-order valence-corrected chi connectivity index (χ4v) is 3.84. The maximum absolute atomic E-state index is 12.5. The van der Waals surface area contributed by atoms with Gasteiger partial charge in [-0.05, 0) is 36.8 Å². The Hall–Kier alpha value is -3.79. The molecule has 0 aliphatic rings. The number of methoxy groups -OCH3 is 2. The highest BCUT2D eigenvalue weighted by Crippen LogP contribution is 2.29. The van der Waals surface area contributed by atoms with Gasteiger partial charge in [0.2, 0.25) is 5.91 Å². The number of ether oxygens (including phenoxy) is 3. The largest absolute Gasteiger partial charge is 0.493 e. The van der Waals surface area contributed by atoms with Crippen LogP contribution in [0.2, 0.25) is 0 Å². The number of allylic oxidation sites excluding steroid dienone is 1. The van der Waals surface area contributed by atoms with Gasteiger partial charge in [-0.1, -0.05) is 36.0 Å². The van der Waals surface area contributed by atoms with Crippen molar-refractivity contribution >= 4 is 29.3 Å². The van der Waals surface area contributed by atoms with E-state index in [1.165, 1.54) is 18.9 Å². The third kappa shape index (κ3) is 6.16. The summed E-state index contributed by atoms with van der Waals surface area (Å²) in [6.45, 7) is 6.38. The van der Waals surface area contributed by atoms with Crippen LogP contribution in [0, 0.1) is 6.92 Å². The Balaban J connectivity index is 1.66. The number of rotatable bonds is 11. The molecule has 0 radical (unpaired) electrons. The summed E-state index contributed by atoms with van der Waals surface area (Å²) in [5, 5.41) is 11.7. The zero-order valence-corrected chi connectivity index (χ0v) is 20.1. The molecule has 1 amide bonds. The van der Waals surface area contributed by atoms with Gasteiger partial charge in [0.1, 0.15) is 6.61 Å². The lowest BCUT2D eigenvalue weighted by Gasteiger charge is -2.12. The van der Waals surface area contributed by atoms with Crippen LogP contribution in [0.1, 0.15) is 21.7 Å². The number of hydrogen-bond acceptors (Lipinski definition) is 8. The van der Waals surface area contributed by atoms with E-state index >= 15 is 0 Å². The molecule has 0 spiro atoms. The number of anilines is 1. The number of nitrogens with one attached hydrogen (secondary N) is 1. The Bertz CT molecular complexity index is 1180. The molecule has 0 fully saturated rings. The number of aryl methyl sites for hydroxylation is 1. The monoisotopic (exact) mass is 482 g/mol. The van der Waals surface area contributed by atoms with Crippen LogP contribution >= 0.6 is 11.8 Å². The van der Waals surface area contributed by atoms with E-state index < -0.39 is 5.97 Å². The third-order valence-electron chi connectivity index (χ3n) is 4.72. The van der Waals surface area contributed by atoms with Crippen molar-refractivity contribution in [3.63, 3.8) is 0 Å². The van der Waals surface area contributed by atoms with E-state index in [1.54, 1.807) is 37.5 Å². The van der Waals surface area contributed by atoms with Crippen LogP contribution in [0.3, 0.4) is 0 Å². The normalized spacial score (nSPS) is 10.4. The van der Waals surface area contributed by atoms with Crippen molar-refractivity contribution in [2.24, 2.45) is 0 Å². The number of carbonyl (C=O) groups is 2. The molecule has 10 heteroatoms. The second-order valence-corrected chi connectivity index (χ2v) is 8.06. The Morgan fingerprint density at radius 3 is 2.68 bits per heavy atom. The van der Waals surface area contributed by atoms with Crippen LogP contribution in [0.15, 0.2) is 60.3 Å². The number of para-hydroxylation sites is 1. The van der Waals surface area contributed by atoms with Gasteiger partial charge in [-0.25, -0.2) is 4.79 Å². The minimum absolute atomic E-state index is 0.0669. The van der Waals surface area contributed by atoms with E-state index in [0.29, 0.717) is 34.7 Å². The first-order valence-corrected chi connectivity index (χ1v) is 11.4. The lowest BCUT2D eigenvalue weighted by molar-refractivity contribution is -0.113. The molecule has 3 rings (SSSR count). The summed E-state index contributed by atoms with van der Waals surface area (Å²) in [4.78, 5) is 24.4. The van der Waals surface area contributed by atoms with Gasteiger partial charge in [-0.15, -0.1) is 16.8 Å². The maximum atomic E-state index is 12.5. The van der Waals surface area contributed by atoms with E-state index in [4.69, 9.17) is 14.2 Å². The van der Waals surface area contributed by atoms with Gasteiger partial charge in [-0.3, -0.25) is 9.36 Å². The average molecular weight is 483 g/mol. The summed E-state index contributed by atoms with van der Waals surface area (Å²) in [5.74, 6) is 1.06. The predicted octanol–water partition coefficient (Wildman–Crippen LogP) is 3.88. The van der Waals surface area contributed by atoms with Crippen LogP contribution < -0.4 is 14.8 Å². The fraction of sp³-hybridized carbons (Fsp3) is 0.250. The lowest BCUT2D eigenvalue weighted by atomic mass is 10.2. The van der Waals surface area contributed by atoms with Gasteiger partial charge >= 0.3 is 5.97 Å². The van der Waals surface area contributed by atoms with E-state index in [9.17, 15) is 9.59 Å². The van der Waals surface area contributed by atoms with E-state index in [0.717, 1.165) is 5.56 Å². The van der Waals surface area contributed by atoms with Crippen molar-refractivity contribution in [1.82, 2.24) is 14.8 Å². The number of esters is 1. The molecule has 0 saturated heterocycles.